The van der Waals surface area contributed by atoms with Crippen molar-refractivity contribution in [3.05, 3.63) is 23.2 Å². The van der Waals surface area contributed by atoms with Crippen molar-refractivity contribution in [3.8, 4) is 0 Å². The summed E-state index contributed by atoms with van der Waals surface area (Å²) in [6.45, 7) is 5.89. The Morgan fingerprint density at radius 2 is 2.20 bits per heavy atom. The molecule has 0 aliphatic rings. The van der Waals surface area contributed by atoms with Crippen molar-refractivity contribution in [3.63, 3.8) is 0 Å². The monoisotopic (exact) mass is 232 g/mol. The van der Waals surface area contributed by atoms with Gasteiger partial charge < -0.3 is 15.5 Å². The quantitative estimate of drug-likeness (QED) is 0.825. The van der Waals surface area contributed by atoms with Crippen LogP contribution in [0.5, 0.6) is 0 Å². The first-order chi connectivity index (χ1) is 6.50. The molecule has 0 aliphatic heterocycles. The third kappa shape index (κ3) is 3.93. The number of hydrogen-bond acceptors (Lipinski definition) is 3. The number of nitrogens with two attached hydrogens (primary N) is 1. The zero-order valence-corrected chi connectivity index (χ0v) is 9.98. The minimum absolute atomic E-state index is 0. The summed E-state index contributed by atoms with van der Waals surface area (Å²) in [6.07, 6.45) is 0. The van der Waals surface area contributed by atoms with Crippen LogP contribution in [0.2, 0.25) is 0 Å². The maximum Gasteiger partial charge on any atom is 0.236 e. The zero-order chi connectivity index (χ0) is 10.7. The number of hydrogen-bond donors (Lipinski definition) is 2. The van der Waals surface area contributed by atoms with Crippen molar-refractivity contribution < 1.29 is 9.21 Å². The van der Waals surface area contributed by atoms with Gasteiger partial charge in [0.1, 0.15) is 11.5 Å². The summed E-state index contributed by atoms with van der Waals surface area (Å²) < 4.78 is 5.32. The van der Waals surface area contributed by atoms with Crippen LogP contribution in [-0.4, -0.2) is 11.9 Å². The fourth-order valence-corrected chi connectivity index (χ4v) is 1.20. The zero-order valence-electron chi connectivity index (χ0n) is 9.16. The summed E-state index contributed by atoms with van der Waals surface area (Å²) in [5, 5.41) is 2.73. The maximum atomic E-state index is 11.2. The highest BCUT2D eigenvalue weighted by Gasteiger charge is 2.09. The SMILES string of the molecule is Cc1cc(CNC(=O)[C@@H](C)N)c(C)o1.Cl. The lowest BCUT2D eigenvalue weighted by molar-refractivity contribution is -0.122. The Hall–Kier alpha value is -1.00. The van der Waals surface area contributed by atoms with Gasteiger partial charge in [0.2, 0.25) is 5.91 Å². The number of amides is 1. The number of nitrogens with one attached hydrogen (secondary N) is 1. The van der Waals surface area contributed by atoms with Crippen LogP contribution >= 0.6 is 12.4 Å². The molecule has 0 aromatic carbocycles. The molecule has 0 radical (unpaired) electrons. The van der Waals surface area contributed by atoms with Crippen LogP contribution in [0.1, 0.15) is 24.0 Å². The van der Waals surface area contributed by atoms with E-state index in [4.69, 9.17) is 10.2 Å². The lowest BCUT2D eigenvalue weighted by atomic mass is 10.2. The summed E-state index contributed by atoms with van der Waals surface area (Å²) in [5.41, 5.74) is 6.40. The summed E-state index contributed by atoms with van der Waals surface area (Å²) in [4.78, 5) is 11.2. The minimum atomic E-state index is -0.469. The summed E-state index contributed by atoms with van der Waals surface area (Å²) in [5.74, 6) is 1.54. The largest absolute Gasteiger partial charge is 0.466 e. The number of carbonyl (C=O) groups is 1. The van der Waals surface area contributed by atoms with E-state index in [-0.39, 0.29) is 18.3 Å². The number of rotatable bonds is 3. The molecule has 0 saturated carbocycles. The third-order valence-electron chi connectivity index (χ3n) is 2.01. The molecule has 0 fully saturated rings. The van der Waals surface area contributed by atoms with Crippen LogP contribution < -0.4 is 11.1 Å². The van der Waals surface area contributed by atoms with Crippen LogP contribution in [0.3, 0.4) is 0 Å². The van der Waals surface area contributed by atoms with Gasteiger partial charge in [-0.15, -0.1) is 12.4 Å². The van der Waals surface area contributed by atoms with Crippen LogP contribution in [0.4, 0.5) is 0 Å². The molecule has 1 atom stereocenters. The smallest absolute Gasteiger partial charge is 0.236 e. The van der Waals surface area contributed by atoms with Crippen molar-refractivity contribution in [2.75, 3.05) is 0 Å². The number of carbonyl (C=O) groups excluding carboxylic acids is 1. The molecule has 3 N–H and O–H groups in total. The van der Waals surface area contributed by atoms with Gasteiger partial charge in [-0.25, -0.2) is 0 Å². The van der Waals surface area contributed by atoms with Gasteiger partial charge >= 0.3 is 0 Å². The Labute approximate surface area is 95.6 Å². The van der Waals surface area contributed by atoms with Gasteiger partial charge in [0.15, 0.2) is 0 Å². The lowest BCUT2D eigenvalue weighted by Crippen LogP contribution is -2.37. The standard InChI is InChI=1S/C10H16N2O2.ClH/c1-6-4-9(8(3)14-6)5-12-10(13)7(2)11;/h4,7H,5,11H2,1-3H3,(H,12,13);1H/t7-;/m1./s1. The van der Waals surface area contributed by atoms with E-state index in [1.807, 2.05) is 19.9 Å². The summed E-state index contributed by atoms with van der Waals surface area (Å²) in [6, 6.07) is 1.44. The van der Waals surface area contributed by atoms with E-state index in [0.717, 1.165) is 17.1 Å². The Morgan fingerprint density at radius 3 is 2.60 bits per heavy atom. The molecule has 1 rings (SSSR count). The molecule has 0 aliphatic carbocycles. The normalized spacial score (nSPS) is 11.7. The first kappa shape index (κ1) is 14.0. The minimum Gasteiger partial charge on any atom is -0.466 e. The Balaban J connectivity index is 0.00000196. The lowest BCUT2D eigenvalue weighted by Gasteiger charge is -2.06. The second-order valence-corrected chi connectivity index (χ2v) is 3.44. The predicted octanol–water partition coefficient (Wildman–Crippen LogP) is 1.28. The van der Waals surface area contributed by atoms with Gasteiger partial charge in [0, 0.05) is 12.1 Å². The van der Waals surface area contributed by atoms with Crippen molar-refractivity contribution >= 4 is 18.3 Å². The van der Waals surface area contributed by atoms with Crippen LogP contribution in [0.15, 0.2) is 10.5 Å². The summed E-state index contributed by atoms with van der Waals surface area (Å²) >= 11 is 0. The fraction of sp³-hybridized carbons (Fsp3) is 0.500. The maximum absolute atomic E-state index is 11.2. The topological polar surface area (TPSA) is 68.3 Å². The molecular weight excluding hydrogens is 216 g/mol. The molecule has 0 saturated heterocycles. The van der Waals surface area contributed by atoms with Gasteiger partial charge in [-0.3, -0.25) is 4.79 Å². The van der Waals surface area contributed by atoms with E-state index in [2.05, 4.69) is 5.32 Å². The van der Waals surface area contributed by atoms with Crippen molar-refractivity contribution in [1.29, 1.82) is 0 Å². The molecule has 15 heavy (non-hydrogen) atoms. The van der Waals surface area contributed by atoms with E-state index < -0.39 is 6.04 Å². The van der Waals surface area contributed by atoms with Crippen molar-refractivity contribution in [2.24, 2.45) is 5.73 Å². The van der Waals surface area contributed by atoms with Gasteiger partial charge in [-0.2, -0.15) is 0 Å². The third-order valence-corrected chi connectivity index (χ3v) is 2.01. The van der Waals surface area contributed by atoms with Crippen LogP contribution in [0.25, 0.3) is 0 Å². The highest BCUT2D eigenvalue weighted by molar-refractivity contribution is 5.85. The molecule has 0 unspecified atom stereocenters. The van der Waals surface area contributed by atoms with Crippen LogP contribution in [-0.2, 0) is 11.3 Å². The van der Waals surface area contributed by atoms with Gasteiger partial charge in [-0.05, 0) is 26.8 Å². The van der Waals surface area contributed by atoms with Crippen molar-refractivity contribution in [2.45, 2.75) is 33.4 Å². The predicted molar refractivity (Wildman–Crippen MR) is 60.9 cm³/mol. The highest BCUT2D eigenvalue weighted by atomic mass is 35.5. The fourth-order valence-electron chi connectivity index (χ4n) is 1.20. The van der Waals surface area contributed by atoms with Gasteiger partial charge in [0.25, 0.3) is 0 Å². The second-order valence-electron chi connectivity index (χ2n) is 3.44. The van der Waals surface area contributed by atoms with E-state index >= 15 is 0 Å². The Bertz CT molecular complexity index is 334. The Morgan fingerprint density at radius 1 is 1.60 bits per heavy atom. The molecule has 1 aromatic rings. The highest BCUT2D eigenvalue weighted by Crippen LogP contribution is 2.12. The average molecular weight is 233 g/mol. The first-order valence-electron chi connectivity index (χ1n) is 4.60. The number of furan rings is 1. The molecule has 5 heteroatoms. The average Bonchev–Trinajstić information content (AvgIpc) is 2.40. The molecule has 1 heterocycles. The summed E-state index contributed by atoms with van der Waals surface area (Å²) in [7, 11) is 0. The molecule has 0 spiro atoms. The van der Waals surface area contributed by atoms with E-state index in [0.29, 0.717) is 6.54 Å². The molecule has 0 bridgehead atoms. The second kappa shape index (κ2) is 5.78. The molecular formula is C10H17ClN2O2. The number of aryl methyl sites for hydroxylation is 2. The van der Waals surface area contributed by atoms with Gasteiger partial charge in [0.05, 0.1) is 6.04 Å². The van der Waals surface area contributed by atoms with E-state index in [9.17, 15) is 4.79 Å². The molecule has 4 nitrogen and oxygen atoms in total. The van der Waals surface area contributed by atoms with E-state index in [1.165, 1.54) is 0 Å². The Kier molecular flexibility index (Phi) is 5.39. The van der Waals surface area contributed by atoms with E-state index in [1.54, 1.807) is 6.92 Å². The van der Waals surface area contributed by atoms with Gasteiger partial charge in [-0.1, -0.05) is 0 Å². The molecule has 1 amide bonds. The first-order valence-corrected chi connectivity index (χ1v) is 4.60. The molecule has 86 valence electrons. The number of halogens is 1. The van der Waals surface area contributed by atoms with Crippen LogP contribution in [0, 0.1) is 13.8 Å². The molecule has 1 aromatic heterocycles. The van der Waals surface area contributed by atoms with Crippen molar-refractivity contribution in [1.82, 2.24) is 5.32 Å².